The Morgan fingerprint density at radius 2 is 1.96 bits per heavy atom. The Labute approximate surface area is 144 Å². The minimum atomic E-state index is -0.805. The van der Waals surface area contributed by atoms with Crippen molar-refractivity contribution in [3.05, 3.63) is 29.7 Å². The molecule has 0 saturated heterocycles. The summed E-state index contributed by atoms with van der Waals surface area (Å²) >= 11 is 0. The molecule has 2 aromatic heterocycles. The number of nitrogens with two attached hydrogens (primary N) is 2. The summed E-state index contributed by atoms with van der Waals surface area (Å²) in [6, 6.07) is 0.628. The van der Waals surface area contributed by atoms with Gasteiger partial charge in [0.2, 0.25) is 5.91 Å². The van der Waals surface area contributed by atoms with Crippen LogP contribution in [-0.4, -0.2) is 38.4 Å². The van der Waals surface area contributed by atoms with Gasteiger partial charge in [-0.1, -0.05) is 20.8 Å². The fourth-order valence-electron chi connectivity index (χ4n) is 2.33. The maximum Gasteiger partial charge on any atom is 0.270 e. The van der Waals surface area contributed by atoms with E-state index in [1.807, 2.05) is 20.8 Å². The molecule has 0 bridgehead atoms. The third kappa shape index (κ3) is 4.31. The lowest BCUT2D eigenvalue weighted by Gasteiger charge is -2.22. The van der Waals surface area contributed by atoms with E-state index in [2.05, 4.69) is 15.4 Å². The van der Waals surface area contributed by atoms with Gasteiger partial charge in [0.15, 0.2) is 5.65 Å². The van der Waals surface area contributed by atoms with Gasteiger partial charge in [-0.25, -0.2) is 9.50 Å². The molecule has 134 valence electrons. The van der Waals surface area contributed by atoms with E-state index in [-0.39, 0.29) is 22.3 Å². The first-order valence-electron chi connectivity index (χ1n) is 7.83. The van der Waals surface area contributed by atoms with Crippen LogP contribution in [0.5, 0.6) is 0 Å². The normalized spacial score (nSPS) is 12.8. The summed E-state index contributed by atoms with van der Waals surface area (Å²) in [6.07, 6.45) is 3.74. The number of amides is 3. The molecule has 3 amide bonds. The van der Waals surface area contributed by atoms with E-state index in [9.17, 15) is 14.4 Å². The smallest absolute Gasteiger partial charge is 0.270 e. The molecule has 25 heavy (non-hydrogen) atoms. The van der Waals surface area contributed by atoms with Crippen molar-refractivity contribution in [1.29, 1.82) is 0 Å². The zero-order valence-corrected chi connectivity index (χ0v) is 14.4. The number of aromatic nitrogens is 3. The summed E-state index contributed by atoms with van der Waals surface area (Å²) in [4.78, 5) is 39.6. The minimum Gasteiger partial charge on any atom is -0.368 e. The average Bonchev–Trinajstić information content (AvgIpc) is 2.93. The van der Waals surface area contributed by atoms with Crippen molar-refractivity contribution in [2.75, 3.05) is 0 Å². The SMILES string of the molecule is CC(C)(C)CCC(NC(=O)c1ccnc2c(C(N)=O)cnn12)C(N)=O. The monoisotopic (exact) mass is 346 g/mol. The van der Waals surface area contributed by atoms with Crippen molar-refractivity contribution < 1.29 is 14.4 Å². The maximum absolute atomic E-state index is 12.6. The van der Waals surface area contributed by atoms with Crippen molar-refractivity contribution >= 4 is 23.4 Å². The molecular formula is C16H22N6O3. The molecule has 0 aliphatic heterocycles. The quantitative estimate of drug-likeness (QED) is 0.686. The van der Waals surface area contributed by atoms with Gasteiger partial charge in [-0.15, -0.1) is 0 Å². The fourth-order valence-corrected chi connectivity index (χ4v) is 2.33. The highest BCUT2D eigenvalue weighted by Gasteiger charge is 2.24. The van der Waals surface area contributed by atoms with E-state index in [1.54, 1.807) is 0 Å². The number of nitrogens with zero attached hydrogens (tertiary/aromatic N) is 3. The minimum absolute atomic E-state index is 0.000728. The Morgan fingerprint density at radius 1 is 1.28 bits per heavy atom. The molecular weight excluding hydrogens is 324 g/mol. The first kappa shape index (κ1) is 18.4. The van der Waals surface area contributed by atoms with Crippen LogP contribution in [0.2, 0.25) is 0 Å². The van der Waals surface area contributed by atoms with Crippen molar-refractivity contribution in [3.8, 4) is 0 Å². The Balaban J connectivity index is 2.26. The van der Waals surface area contributed by atoms with Crippen molar-refractivity contribution in [2.45, 2.75) is 39.7 Å². The lowest BCUT2D eigenvalue weighted by molar-refractivity contribution is -0.120. The molecule has 9 nitrogen and oxygen atoms in total. The second-order valence-electron chi connectivity index (χ2n) is 7.02. The highest BCUT2D eigenvalue weighted by atomic mass is 16.2. The Kier molecular flexibility index (Phi) is 5.05. The molecule has 1 atom stereocenters. The van der Waals surface area contributed by atoms with Crippen LogP contribution in [0.15, 0.2) is 18.5 Å². The third-order valence-electron chi connectivity index (χ3n) is 3.73. The van der Waals surface area contributed by atoms with Gasteiger partial charge in [0.1, 0.15) is 17.3 Å². The Bertz CT molecular complexity index is 821. The molecule has 2 rings (SSSR count). The molecule has 0 spiro atoms. The predicted molar refractivity (Wildman–Crippen MR) is 90.6 cm³/mol. The van der Waals surface area contributed by atoms with Gasteiger partial charge in [0.05, 0.1) is 6.20 Å². The van der Waals surface area contributed by atoms with Gasteiger partial charge in [-0.2, -0.15) is 5.10 Å². The van der Waals surface area contributed by atoms with Crippen LogP contribution < -0.4 is 16.8 Å². The molecule has 2 heterocycles. The predicted octanol–water partition coefficient (Wildman–Crippen LogP) is 0.238. The van der Waals surface area contributed by atoms with Crippen molar-refractivity contribution in [3.63, 3.8) is 0 Å². The second kappa shape index (κ2) is 6.88. The van der Waals surface area contributed by atoms with Crippen LogP contribution in [0.1, 0.15) is 54.5 Å². The molecule has 5 N–H and O–H groups in total. The highest BCUT2D eigenvalue weighted by molar-refractivity contribution is 6.00. The molecule has 1 unspecified atom stereocenters. The largest absolute Gasteiger partial charge is 0.368 e. The zero-order valence-electron chi connectivity index (χ0n) is 14.4. The van der Waals surface area contributed by atoms with E-state index in [1.165, 1.54) is 23.0 Å². The Hall–Kier alpha value is -2.97. The fraction of sp³-hybridized carbons (Fsp3) is 0.438. The van der Waals surface area contributed by atoms with Gasteiger partial charge in [0, 0.05) is 6.20 Å². The number of fused-ring (bicyclic) bond motifs is 1. The standard InChI is InChI=1S/C16H22N6O3/c1-16(2,3)6-4-10(13(18)24)21-15(25)11-5-7-19-14-9(12(17)23)8-20-22(11)14/h5,7-8,10H,4,6H2,1-3H3,(H2,17,23)(H2,18,24)(H,21,25). The van der Waals surface area contributed by atoms with Crippen LogP contribution in [0.3, 0.4) is 0 Å². The molecule has 0 saturated carbocycles. The molecule has 0 radical (unpaired) electrons. The van der Waals surface area contributed by atoms with E-state index in [0.717, 1.165) is 0 Å². The zero-order chi connectivity index (χ0) is 18.8. The number of hydrogen-bond donors (Lipinski definition) is 3. The van der Waals surface area contributed by atoms with Crippen LogP contribution in [0.4, 0.5) is 0 Å². The first-order chi connectivity index (χ1) is 11.6. The maximum atomic E-state index is 12.6. The summed E-state index contributed by atoms with van der Waals surface area (Å²) in [5.74, 6) is -1.84. The first-order valence-corrected chi connectivity index (χ1v) is 7.83. The molecule has 0 fully saturated rings. The van der Waals surface area contributed by atoms with Gasteiger partial charge in [-0.3, -0.25) is 14.4 Å². The van der Waals surface area contributed by atoms with E-state index in [4.69, 9.17) is 11.5 Å². The summed E-state index contributed by atoms with van der Waals surface area (Å²) in [6.45, 7) is 6.11. The van der Waals surface area contributed by atoms with Crippen LogP contribution >= 0.6 is 0 Å². The summed E-state index contributed by atoms with van der Waals surface area (Å²) in [7, 11) is 0. The van der Waals surface area contributed by atoms with Gasteiger partial charge in [-0.05, 0) is 24.3 Å². The molecule has 0 aliphatic rings. The van der Waals surface area contributed by atoms with E-state index >= 15 is 0 Å². The van der Waals surface area contributed by atoms with Crippen molar-refractivity contribution in [2.24, 2.45) is 16.9 Å². The second-order valence-corrected chi connectivity index (χ2v) is 7.02. The summed E-state index contributed by atoms with van der Waals surface area (Å²) in [5.41, 5.74) is 11.1. The number of hydrogen-bond acceptors (Lipinski definition) is 5. The third-order valence-corrected chi connectivity index (χ3v) is 3.73. The number of nitrogens with one attached hydrogen (secondary N) is 1. The van der Waals surface area contributed by atoms with Crippen LogP contribution in [-0.2, 0) is 4.79 Å². The lowest BCUT2D eigenvalue weighted by atomic mass is 9.88. The number of primary amides is 2. The summed E-state index contributed by atoms with van der Waals surface area (Å²) < 4.78 is 1.21. The Morgan fingerprint density at radius 3 is 2.52 bits per heavy atom. The number of rotatable bonds is 6. The topological polar surface area (TPSA) is 145 Å². The molecule has 0 aromatic carbocycles. The van der Waals surface area contributed by atoms with Crippen LogP contribution in [0.25, 0.3) is 5.65 Å². The van der Waals surface area contributed by atoms with Crippen LogP contribution in [0, 0.1) is 5.41 Å². The average molecular weight is 346 g/mol. The van der Waals surface area contributed by atoms with Gasteiger partial charge in [0.25, 0.3) is 11.8 Å². The molecule has 9 heteroatoms. The van der Waals surface area contributed by atoms with Gasteiger partial charge < -0.3 is 16.8 Å². The highest BCUT2D eigenvalue weighted by Crippen LogP contribution is 2.21. The van der Waals surface area contributed by atoms with Gasteiger partial charge >= 0.3 is 0 Å². The summed E-state index contributed by atoms with van der Waals surface area (Å²) in [5, 5.41) is 6.59. The van der Waals surface area contributed by atoms with E-state index in [0.29, 0.717) is 12.8 Å². The number of carbonyl (C=O) groups is 3. The molecule has 0 aliphatic carbocycles. The number of carbonyl (C=O) groups excluding carboxylic acids is 3. The van der Waals surface area contributed by atoms with Crippen molar-refractivity contribution in [1.82, 2.24) is 19.9 Å². The molecule has 2 aromatic rings. The lowest BCUT2D eigenvalue weighted by Crippen LogP contribution is -2.45. The van der Waals surface area contributed by atoms with E-state index < -0.39 is 23.8 Å².